The second kappa shape index (κ2) is 6.24. The molecule has 120 valence electrons. The molecule has 1 saturated carbocycles. The van der Waals surface area contributed by atoms with E-state index in [1.54, 1.807) is 12.1 Å². The number of carboxylic acids is 1. The molecule has 0 spiro atoms. The summed E-state index contributed by atoms with van der Waals surface area (Å²) in [4.78, 5) is 23.4. The summed E-state index contributed by atoms with van der Waals surface area (Å²) < 4.78 is 1.86. The Morgan fingerprint density at radius 1 is 1.26 bits per heavy atom. The monoisotopic (exact) mass is 313 g/mol. The number of aromatic carboxylic acids is 1. The number of rotatable bonds is 4. The highest BCUT2D eigenvalue weighted by molar-refractivity contribution is 6.03. The number of carbonyl (C=O) groups excluding carboxylic acids is 1. The lowest BCUT2D eigenvalue weighted by Crippen LogP contribution is -2.15. The molecular weight excluding hydrogens is 294 g/mol. The smallest absolute Gasteiger partial charge is 0.335 e. The van der Waals surface area contributed by atoms with Gasteiger partial charge in [0, 0.05) is 11.9 Å². The molecule has 1 aromatic carbocycles. The summed E-state index contributed by atoms with van der Waals surface area (Å²) >= 11 is 0. The molecule has 0 unspecified atom stereocenters. The van der Waals surface area contributed by atoms with Crippen molar-refractivity contribution in [3.05, 3.63) is 47.3 Å². The van der Waals surface area contributed by atoms with E-state index in [2.05, 4.69) is 10.4 Å². The summed E-state index contributed by atoms with van der Waals surface area (Å²) in [5.41, 5.74) is 1.78. The predicted octanol–water partition coefficient (Wildman–Crippen LogP) is 3.26. The Hall–Kier alpha value is -2.63. The average molecular weight is 313 g/mol. The standard InChI is InChI=1S/C17H19N3O3/c1-11-6-7-12(17(22)23)10-15(11)18-16(21)14-8-9-20(19-14)13-4-2-3-5-13/h6-10,13H,2-5H2,1H3,(H,18,21)(H,22,23). The second-order valence-electron chi connectivity index (χ2n) is 5.91. The lowest BCUT2D eigenvalue weighted by atomic mass is 10.1. The lowest BCUT2D eigenvalue weighted by Gasteiger charge is -2.10. The molecule has 3 rings (SSSR count). The molecule has 1 aliphatic rings. The Balaban J connectivity index is 1.76. The number of benzene rings is 1. The molecule has 0 aliphatic heterocycles. The van der Waals surface area contributed by atoms with Crippen LogP contribution in [-0.4, -0.2) is 26.8 Å². The SMILES string of the molecule is Cc1ccc(C(=O)O)cc1NC(=O)c1ccn(C2CCCC2)n1. The van der Waals surface area contributed by atoms with Gasteiger partial charge in [0.25, 0.3) is 5.91 Å². The lowest BCUT2D eigenvalue weighted by molar-refractivity contribution is 0.0696. The van der Waals surface area contributed by atoms with Crippen LogP contribution in [0.2, 0.25) is 0 Å². The first-order chi connectivity index (χ1) is 11.0. The maximum Gasteiger partial charge on any atom is 0.335 e. The molecule has 1 fully saturated rings. The molecule has 0 radical (unpaired) electrons. The van der Waals surface area contributed by atoms with Gasteiger partial charge in [-0.25, -0.2) is 4.79 Å². The molecule has 1 heterocycles. The van der Waals surface area contributed by atoms with Crippen molar-refractivity contribution in [1.29, 1.82) is 0 Å². The van der Waals surface area contributed by atoms with E-state index in [1.165, 1.54) is 25.0 Å². The molecule has 0 bridgehead atoms. The van der Waals surface area contributed by atoms with E-state index in [0.29, 0.717) is 17.4 Å². The number of nitrogens with zero attached hydrogens (tertiary/aromatic N) is 2. The molecule has 23 heavy (non-hydrogen) atoms. The normalized spacial score (nSPS) is 14.8. The highest BCUT2D eigenvalue weighted by Crippen LogP contribution is 2.28. The van der Waals surface area contributed by atoms with Gasteiger partial charge in [-0.3, -0.25) is 9.48 Å². The predicted molar refractivity (Wildman–Crippen MR) is 85.8 cm³/mol. The van der Waals surface area contributed by atoms with Gasteiger partial charge in [-0.05, 0) is 43.5 Å². The largest absolute Gasteiger partial charge is 0.478 e. The summed E-state index contributed by atoms with van der Waals surface area (Å²) in [5.74, 6) is -1.35. The number of aromatic nitrogens is 2. The summed E-state index contributed by atoms with van der Waals surface area (Å²) in [6, 6.07) is 6.74. The van der Waals surface area contributed by atoms with Crippen molar-refractivity contribution in [2.24, 2.45) is 0 Å². The fourth-order valence-corrected chi connectivity index (χ4v) is 2.91. The van der Waals surface area contributed by atoms with E-state index in [9.17, 15) is 9.59 Å². The highest BCUT2D eigenvalue weighted by Gasteiger charge is 2.19. The number of anilines is 1. The van der Waals surface area contributed by atoms with E-state index in [-0.39, 0.29) is 11.5 Å². The summed E-state index contributed by atoms with van der Waals surface area (Å²) in [6.07, 6.45) is 6.44. The first kappa shape index (κ1) is 15.3. The van der Waals surface area contributed by atoms with E-state index in [1.807, 2.05) is 17.8 Å². The van der Waals surface area contributed by atoms with Crippen LogP contribution in [0, 0.1) is 6.92 Å². The van der Waals surface area contributed by atoms with Gasteiger partial charge < -0.3 is 10.4 Å². The van der Waals surface area contributed by atoms with Crippen molar-refractivity contribution < 1.29 is 14.7 Å². The number of aryl methyl sites for hydroxylation is 1. The van der Waals surface area contributed by atoms with Crippen molar-refractivity contribution >= 4 is 17.6 Å². The molecule has 2 N–H and O–H groups in total. The molecular formula is C17H19N3O3. The van der Waals surface area contributed by atoms with E-state index in [4.69, 9.17) is 5.11 Å². The Morgan fingerprint density at radius 3 is 2.70 bits per heavy atom. The van der Waals surface area contributed by atoms with Crippen LogP contribution in [0.25, 0.3) is 0 Å². The third kappa shape index (κ3) is 3.26. The molecule has 6 heteroatoms. The topological polar surface area (TPSA) is 84.2 Å². The van der Waals surface area contributed by atoms with Crippen LogP contribution in [0.4, 0.5) is 5.69 Å². The van der Waals surface area contributed by atoms with Crippen LogP contribution in [-0.2, 0) is 0 Å². The molecule has 1 aromatic heterocycles. The Kier molecular flexibility index (Phi) is 4.14. The third-order valence-electron chi connectivity index (χ3n) is 4.27. The zero-order chi connectivity index (χ0) is 16.4. The van der Waals surface area contributed by atoms with Gasteiger partial charge in [0.05, 0.1) is 11.6 Å². The van der Waals surface area contributed by atoms with Crippen molar-refractivity contribution in [3.8, 4) is 0 Å². The van der Waals surface area contributed by atoms with Crippen molar-refractivity contribution in [2.75, 3.05) is 5.32 Å². The number of amides is 1. The molecule has 0 atom stereocenters. The van der Waals surface area contributed by atoms with Gasteiger partial charge in [-0.15, -0.1) is 0 Å². The van der Waals surface area contributed by atoms with Gasteiger partial charge in [-0.1, -0.05) is 18.9 Å². The molecule has 2 aromatic rings. The maximum atomic E-state index is 12.3. The van der Waals surface area contributed by atoms with Crippen molar-refractivity contribution in [3.63, 3.8) is 0 Å². The quantitative estimate of drug-likeness (QED) is 0.907. The minimum atomic E-state index is -1.02. The van der Waals surface area contributed by atoms with Gasteiger partial charge in [-0.2, -0.15) is 5.10 Å². The Morgan fingerprint density at radius 2 is 2.00 bits per heavy atom. The molecule has 6 nitrogen and oxygen atoms in total. The van der Waals surface area contributed by atoms with Crippen molar-refractivity contribution in [1.82, 2.24) is 9.78 Å². The first-order valence-corrected chi connectivity index (χ1v) is 7.75. The Bertz CT molecular complexity index is 745. The van der Waals surface area contributed by atoms with Crippen molar-refractivity contribution in [2.45, 2.75) is 38.6 Å². The number of carboxylic acid groups (broad SMARTS) is 1. The van der Waals surface area contributed by atoms with Gasteiger partial charge >= 0.3 is 5.97 Å². The maximum absolute atomic E-state index is 12.3. The number of carbonyl (C=O) groups is 2. The second-order valence-corrected chi connectivity index (χ2v) is 5.91. The van der Waals surface area contributed by atoms with Crippen LogP contribution in [0.1, 0.15) is 58.1 Å². The van der Waals surface area contributed by atoms with Crippen LogP contribution >= 0.6 is 0 Å². The zero-order valence-electron chi connectivity index (χ0n) is 13.0. The molecule has 1 amide bonds. The molecule has 0 saturated heterocycles. The number of nitrogens with one attached hydrogen (secondary N) is 1. The van der Waals surface area contributed by atoms with E-state index in [0.717, 1.165) is 18.4 Å². The number of hydrogen-bond acceptors (Lipinski definition) is 3. The highest BCUT2D eigenvalue weighted by atomic mass is 16.4. The minimum absolute atomic E-state index is 0.141. The van der Waals surface area contributed by atoms with Gasteiger partial charge in [0.2, 0.25) is 0 Å². The fraction of sp³-hybridized carbons (Fsp3) is 0.353. The number of hydrogen-bond donors (Lipinski definition) is 2. The minimum Gasteiger partial charge on any atom is -0.478 e. The van der Waals surface area contributed by atoms with Crippen LogP contribution in [0.3, 0.4) is 0 Å². The summed E-state index contributed by atoms with van der Waals surface area (Å²) in [7, 11) is 0. The molecule has 1 aliphatic carbocycles. The summed E-state index contributed by atoms with van der Waals surface area (Å²) in [6.45, 7) is 1.82. The van der Waals surface area contributed by atoms with E-state index < -0.39 is 5.97 Å². The van der Waals surface area contributed by atoms with E-state index >= 15 is 0 Å². The fourth-order valence-electron chi connectivity index (χ4n) is 2.91. The van der Waals surface area contributed by atoms with Gasteiger partial charge in [0.1, 0.15) is 0 Å². The van der Waals surface area contributed by atoms with Crippen LogP contribution in [0.15, 0.2) is 30.5 Å². The Labute approximate surface area is 134 Å². The van der Waals surface area contributed by atoms with Crippen LogP contribution < -0.4 is 5.32 Å². The first-order valence-electron chi connectivity index (χ1n) is 7.75. The van der Waals surface area contributed by atoms with Crippen LogP contribution in [0.5, 0.6) is 0 Å². The van der Waals surface area contributed by atoms with Gasteiger partial charge in [0.15, 0.2) is 5.69 Å². The summed E-state index contributed by atoms with van der Waals surface area (Å²) in [5, 5.41) is 16.2. The third-order valence-corrected chi connectivity index (χ3v) is 4.27. The average Bonchev–Trinajstić information content (AvgIpc) is 3.20. The zero-order valence-corrected chi connectivity index (χ0v) is 13.0.